The Labute approximate surface area is 76.3 Å². The quantitative estimate of drug-likeness (QED) is 0.539. The van der Waals surface area contributed by atoms with Crippen molar-refractivity contribution < 1.29 is 4.39 Å². The van der Waals surface area contributed by atoms with E-state index >= 15 is 0 Å². The van der Waals surface area contributed by atoms with E-state index in [1.54, 1.807) is 24.3 Å². The van der Waals surface area contributed by atoms with Gasteiger partial charge in [-0.2, -0.15) is 0 Å². The number of alkyl halides is 1. The number of nitrogens with zero attached hydrogens (tertiary/aromatic N) is 1. The first-order chi connectivity index (χ1) is 6.20. The molecule has 0 heterocycles. The maximum absolute atomic E-state index is 13.3. The van der Waals surface area contributed by atoms with E-state index in [9.17, 15) is 4.39 Å². The molecule has 70 valence electrons. The topological polar surface area (TPSA) is 64.4 Å². The average molecular weight is 181 g/mol. The Morgan fingerprint density at radius 3 is 2.46 bits per heavy atom. The molecule has 0 aliphatic heterocycles. The molecule has 13 heavy (non-hydrogen) atoms. The minimum Gasteiger partial charge on any atom is -0.370 e. The molecule has 0 fully saturated rings. The van der Waals surface area contributed by atoms with Crippen LogP contribution in [0.25, 0.3) is 0 Å². The highest BCUT2D eigenvalue weighted by Gasteiger charge is 2.07. The summed E-state index contributed by atoms with van der Waals surface area (Å²) in [5.74, 6) is -0.0846. The van der Waals surface area contributed by atoms with Gasteiger partial charge in [-0.3, -0.25) is 4.99 Å². The second kappa shape index (κ2) is 4.45. The van der Waals surface area contributed by atoms with Crippen LogP contribution in [0.4, 0.5) is 4.39 Å². The third-order valence-electron chi connectivity index (χ3n) is 1.60. The summed E-state index contributed by atoms with van der Waals surface area (Å²) in [6.45, 7) is -0.0215. The van der Waals surface area contributed by atoms with Gasteiger partial charge in [0, 0.05) is 0 Å². The predicted molar refractivity (Wildman–Crippen MR) is 51.0 cm³/mol. The summed E-state index contributed by atoms with van der Waals surface area (Å²) in [7, 11) is 0. The Kier molecular flexibility index (Phi) is 3.25. The van der Waals surface area contributed by atoms with E-state index in [1.807, 2.05) is 6.07 Å². The van der Waals surface area contributed by atoms with E-state index in [0.29, 0.717) is 5.56 Å². The molecule has 1 atom stereocenters. The lowest BCUT2D eigenvalue weighted by atomic mass is 10.1. The second-order valence-corrected chi connectivity index (χ2v) is 2.64. The largest absolute Gasteiger partial charge is 0.370 e. The molecule has 0 saturated carbocycles. The van der Waals surface area contributed by atoms with Crippen LogP contribution in [-0.4, -0.2) is 12.5 Å². The van der Waals surface area contributed by atoms with E-state index in [4.69, 9.17) is 11.5 Å². The Hall–Kier alpha value is -1.58. The number of halogens is 1. The third kappa shape index (κ3) is 3.11. The summed E-state index contributed by atoms with van der Waals surface area (Å²) in [6.07, 6.45) is -1.14. The number of nitrogens with two attached hydrogens (primary N) is 2. The number of guanidine groups is 1. The Morgan fingerprint density at radius 2 is 1.92 bits per heavy atom. The molecule has 1 rings (SSSR count). The van der Waals surface area contributed by atoms with Crippen molar-refractivity contribution in [2.24, 2.45) is 16.5 Å². The van der Waals surface area contributed by atoms with Gasteiger partial charge < -0.3 is 11.5 Å². The van der Waals surface area contributed by atoms with E-state index in [-0.39, 0.29) is 12.5 Å². The van der Waals surface area contributed by atoms with Gasteiger partial charge in [0.05, 0.1) is 6.54 Å². The van der Waals surface area contributed by atoms with Crippen LogP contribution in [0, 0.1) is 0 Å². The minimum atomic E-state index is -1.14. The van der Waals surface area contributed by atoms with Crippen molar-refractivity contribution in [1.82, 2.24) is 0 Å². The van der Waals surface area contributed by atoms with Crippen LogP contribution < -0.4 is 11.5 Å². The standard InChI is InChI=1S/C9H12FN3/c10-8(6-13-9(11)12)7-4-2-1-3-5-7/h1-5,8H,6H2,(H4,11,12,13). The number of benzene rings is 1. The molecule has 0 aliphatic carbocycles. The molecular weight excluding hydrogens is 169 g/mol. The van der Waals surface area contributed by atoms with Crippen LogP contribution in [0.2, 0.25) is 0 Å². The molecule has 3 nitrogen and oxygen atoms in total. The number of hydrogen-bond donors (Lipinski definition) is 2. The first kappa shape index (κ1) is 9.51. The number of aliphatic imine (C=N–C) groups is 1. The fourth-order valence-electron chi connectivity index (χ4n) is 0.953. The normalized spacial score (nSPS) is 12.1. The van der Waals surface area contributed by atoms with Gasteiger partial charge in [-0.05, 0) is 5.56 Å². The molecule has 1 unspecified atom stereocenters. The molecule has 0 bridgehead atoms. The van der Waals surface area contributed by atoms with E-state index < -0.39 is 6.17 Å². The van der Waals surface area contributed by atoms with Gasteiger partial charge in [-0.25, -0.2) is 4.39 Å². The van der Waals surface area contributed by atoms with Crippen molar-refractivity contribution in [2.75, 3.05) is 6.54 Å². The lowest BCUT2D eigenvalue weighted by Crippen LogP contribution is -2.23. The summed E-state index contributed by atoms with van der Waals surface area (Å²) in [5, 5.41) is 0. The number of hydrogen-bond acceptors (Lipinski definition) is 1. The second-order valence-electron chi connectivity index (χ2n) is 2.64. The summed E-state index contributed by atoms with van der Waals surface area (Å²) in [4.78, 5) is 3.60. The molecule has 4 heteroatoms. The zero-order valence-corrected chi connectivity index (χ0v) is 7.15. The molecular formula is C9H12FN3. The van der Waals surface area contributed by atoms with Gasteiger partial charge in [-0.1, -0.05) is 30.3 Å². The van der Waals surface area contributed by atoms with E-state index in [2.05, 4.69) is 4.99 Å². The zero-order chi connectivity index (χ0) is 9.68. The fraction of sp³-hybridized carbons (Fsp3) is 0.222. The molecule has 0 amide bonds. The molecule has 1 aromatic rings. The van der Waals surface area contributed by atoms with Crippen molar-refractivity contribution in [2.45, 2.75) is 6.17 Å². The van der Waals surface area contributed by atoms with Gasteiger partial charge >= 0.3 is 0 Å². The highest BCUT2D eigenvalue weighted by molar-refractivity contribution is 5.75. The third-order valence-corrected chi connectivity index (χ3v) is 1.60. The Balaban J connectivity index is 2.59. The molecule has 0 aliphatic rings. The molecule has 4 N–H and O–H groups in total. The van der Waals surface area contributed by atoms with Crippen molar-refractivity contribution in [3.05, 3.63) is 35.9 Å². The summed E-state index contributed by atoms with van der Waals surface area (Å²) in [6, 6.07) is 8.78. The van der Waals surface area contributed by atoms with Crippen molar-refractivity contribution in [3.8, 4) is 0 Å². The molecule has 1 aromatic carbocycles. The van der Waals surface area contributed by atoms with Crippen LogP contribution >= 0.6 is 0 Å². The van der Waals surface area contributed by atoms with Crippen molar-refractivity contribution >= 4 is 5.96 Å². The maximum atomic E-state index is 13.3. The van der Waals surface area contributed by atoms with Gasteiger partial charge in [0.25, 0.3) is 0 Å². The first-order valence-electron chi connectivity index (χ1n) is 3.94. The van der Waals surface area contributed by atoms with E-state index in [0.717, 1.165) is 0 Å². The smallest absolute Gasteiger partial charge is 0.186 e. The molecule has 0 aromatic heterocycles. The lowest BCUT2D eigenvalue weighted by molar-refractivity contribution is 0.353. The molecule has 0 spiro atoms. The SMILES string of the molecule is NC(N)=NCC(F)c1ccccc1. The van der Waals surface area contributed by atoms with Gasteiger partial charge in [-0.15, -0.1) is 0 Å². The average Bonchev–Trinajstić information content (AvgIpc) is 2.15. The van der Waals surface area contributed by atoms with E-state index in [1.165, 1.54) is 0 Å². The Bertz CT molecular complexity index is 280. The maximum Gasteiger partial charge on any atom is 0.186 e. The highest BCUT2D eigenvalue weighted by atomic mass is 19.1. The number of rotatable bonds is 3. The van der Waals surface area contributed by atoms with Crippen LogP contribution in [0.5, 0.6) is 0 Å². The van der Waals surface area contributed by atoms with Crippen LogP contribution in [0.1, 0.15) is 11.7 Å². The fourth-order valence-corrected chi connectivity index (χ4v) is 0.953. The molecule has 0 radical (unpaired) electrons. The van der Waals surface area contributed by atoms with Gasteiger partial charge in [0.1, 0.15) is 6.17 Å². The lowest BCUT2D eigenvalue weighted by Gasteiger charge is -2.04. The predicted octanol–water partition coefficient (Wildman–Crippen LogP) is 0.971. The monoisotopic (exact) mass is 181 g/mol. The van der Waals surface area contributed by atoms with Gasteiger partial charge in [0.15, 0.2) is 5.96 Å². The van der Waals surface area contributed by atoms with Crippen molar-refractivity contribution in [3.63, 3.8) is 0 Å². The summed E-state index contributed by atoms with van der Waals surface area (Å²) < 4.78 is 13.3. The van der Waals surface area contributed by atoms with Crippen molar-refractivity contribution in [1.29, 1.82) is 0 Å². The summed E-state index contributed by atoms with van der Waals surface area (Å²) in [5.41, 5.74) is 10.8. The van der Waals surface area contributed by atoms with Crippen LogP contribution in [0.15, 0.2) is 35.3 Å². The van der Waals surface area contributed by atoms with Crippen LogP contribution in [-0.2, 0) is 0 Å². The van der Waals surface area contributed by atoms with Gasteiger partial charge in [0.2, 0.25) is 0 Å². The van der Waals surface area contributed by atoms with Crippen LogP contribution in [0.3, 0.4) is 0 Å². The first-order valence-corrected chi connectivity index (χ1v) is 3.94. The highest BCUT2D eigenvalue weighted by Crippen LogP contribution is 2.16. The Morgan fingerprint density at radius 1 is 1.31 bits per heavy atom. The minimum absolute atomic E-state index is 0.0215. The molecule has 0 saturated heterocycles. The zero-order valence-electron chi connectivity index (χ0n) is 7.15. The summed E-state index contributed by atoms with van der Waals surface area (Å²) >= 11 is 0.